The minimum absolute atomic E-state index is 0.143. The second kappa shape index (κ2) is 6.27. The van der Waals surface area contributed by atoms with Crippen LogP contribution in [0.2, 0.25) is 0 Å². The third kappa shape index (κ3) is 2.69. The van der Waals surface area contributed by atoms with Crippen molar-refractivity contribution in [2.45, 2.75) is 57.3 Å². The normalized spacial score (nSPS) is 17.5. The van der Waals surface area contributed by atoms with Gasteiger partial charge in [-0.1, -0.05) is 19.3 Å². The number of amides is 1. The fourth-order valence-electron chi connectivity index (χ4n) is 4.37. The van der Waals surface area contributed by atoms with Crippen molar-refractivity contribution >= 4 is 22.6 Å². The van der Waals surface area contributed by atoms with Gasteiger partial charge in [-0.15, -0.1) is 0 Å². The number of fused-ring (bicyclic) bond motifs is 2. The van der Waals surface area contributed by atoms with Gasteiger partial charge in [-0.2, -0.15) is 5.10 Å². The molecule has 2 heterocycles. The Balaban J connectivity index is 1.38. The molecule has 2 aromatic heterocycles. The van der Waals surface area contributed by atoms with Gasteiger partial charge < -0.3 is 10.3 Å². The summed E-state index contributed by atoms with van der Waals surface area (Å²) in [6, 6.07) is 5.86. The van der Waals surface area contributed by atoms with Crippen molar-refractivity contribution in [3.8, 4) is 0 Å². The SMILES string of the molecule is O=C(Nc1ccc2nc(C3CCCCC3)[nH]c2c1)c1n[nH]c2c1CCC2. The van der Waals surface area contributed by atoms with Gasteiger partial charge in [0.15, 0.2) is 5.69 Å². The number of benzene rings is 1. The number of carbonyl (C=O) groups excluding carboxylic acids is 1. The maximum absolute atomic E-state index is 12.6. The monoisotopic (exact) mass is 349 g/mol. The number of nitrogens with zero attached hydrogens (tertiary/aromatic N) is 2. The van der Waals surface area contributed by atoms with E-state index in [0.717, 1.165) is 53.1 Å². The van der Waals surface area contributed by atoms with E-state index >= 15 is 0 Å². The maximum atomic E-state index is 12.6. The van der Waals surface area contributed by atoms with Crippen LogP contribution in [0, 0.1) is 0 Å². The molecule has 3 N–H and O–H groups in total. The predicted octanol–water partition coefficient (Wildman–Crippen LogP) is 4.07. The van der Waals surface area contributed by atoms with Crippen molar-refractivity contribution < 1.29 is 4.79 Å². The van der Waals surface area contributed by atoms with Crippen LogP contribution in [0.25, 0.3) is 11.0 Å². The first-order valence-electron chi connectivity index (χ1n) is 9.65. The molecule has 0 unspecified atom stereocenters. The summed E-state index contributed by atoms with van der Waals surface area (Å²) in [5.74, 6) is 1.49. The number of hydrogen-bond donors (Lipinski definition) is 3. The van der Waals surface area contributed by atoms with Crippen LogP contribution < -0.4 is 5.32 Å². The molecule has 134 valence electrons. The number of hydrogen-bond acceptors (Lipinski definition) is 3. The third-order valence-electron chi connectivity index (χ3n) is 5.77. The van der Waals surface area contributed by atoms with Gasteiger partial charge in [0.25, 0.3) is 5.91 Å². The molecule has 2 aliphatic carbocycles. The molecule has 5 rings (SSSR count). The minimum atomic E-state index is -0.143. The Hall–Kier alpha value is -2.63. The molecule has 6 nitrogen and oxygen atoms in total. The zero-order valence-corrected chi connectivity index (χ0v) is 14.8. The van der Waals surface area contributed by atoms with Crippen LogP contribution in [0.15, 0.2) is 18.2 Å². The van der Waals surface area contributed by atoms with Crippen LogP contribution in [0.1, 0.15) is 72.0 Å². The van der Waals surface area contributed by atoms with Crippen LogP contribution in [0.5, 0.6) is 0 Å². The highest BCUT2D eigenvalue weighted by Crippen LogP contribution is 2.32. The van der Waals surface area contributed by atoms with E-state index in [9.17, 15) is 4.79 Å². The van der Waals surface area contributed by atoms with Crippen molar-refractivity contribution in [2.24, 2.45) is 0 Å². The van der Waals surface area contributed by atoms with Crippen molar-refractivity contribution in [3.63, 3.8) is 0 Å². The summed E-state index contributed by atoms with van der Waals surface area (Å²) >= 11 is 0. The van der Waals surface area contributed by atoms with Crippen LogP contribution >= 0.6 is 0 Å². The van der Waals surface area contributed by atoms with Gasteiger partial charge in [-0.25, -0.2) is 4.98 Å². The average Bonchev–Trinajstić information content (AvgIpc) is 3.37. The van der Waals surface area contributed by atoms with E-state index in [1.54, 1.807) is 0 Å². The maximum Gasteiger partial charge on any atom is 0.276 e. The largest absolute Gasteiger partial charge is 0.342 e. The van der Waals surface area contributed by atoms with E-state index in [2.05, 4.69) is 20.5 Å². The van der Waals surface area contributed by atoms with Crippen LogP contribution in [0.4, 0.5) is 5.69 Å². The fraction of sp³-hybridized carbons (Fsp3) is 0.450. The van der Waals surface area contributed by atoms with Crippen molar-refractivity contribution in [1.82, 2.24) is 20.2 Å². The summed E-state index contributed by atoms with van der Waals surface area (Å²) in [5.41, 5.74) is 5.43. The first-order chi connectivity index (χ1) is 12.8. The Morgan fingerprint density at radius 2 is 2.00 bits per heavy atom. The van der Waals surface area contributed by atoms with Crippen LogP contribution in [-0.4, -0.2) is 26.1 Å². The van der Waals surface area contributed by atoms with Gasteiger partial charge in [0, 0.05) is 22.9 Å². The molecule has 1 fully saturated rings. The number of H-pyrrole nitrogens is 2. The van der Waals surface area contributed by atoms with Gasteiger partial charge in [0.05, 0.1) is 11.0 Å². The average molecular weight is 349 g/mol. The Morgan fingerprint density at radius 3 is 2.88 bits per heavy atom. The van der Waals surface area contributed by atoms with Crippen molar-refractivity contribution in [1.29, 1.82) is 0 Å². The topological polar surface area (TPSA) is 86.5 Å². The fourth-order valence-corrected chi connectivity index (χ4v) is 4.37. The third-order valence-corrected chi connectivity index (χ3v) is 5.77. The first-order valence-corrected chi connectivity index (χ1v) is 9.65. The highest BCUT2D eigenvalue weighted by Gasteiger charge is 2.23. The molecule has 1 saturated carbocycles. The Bertz CT molecular complexity index is 964. The van der Waals surface area contributed by atoms with Crippen LogP contribution in [0.3, 0.4) is 0 Å². The first kappa shape index (κ1) is 15.6. The highest BCUT2D eigenvalue weighted by atomic mass is 16.1. The molecule has 1 amide bonds. The lowest BCUT2D eigenvalue weighted by Crippen LogP contribution is -2.14. The highest BCUT2D eigenvalue weighted by molar-refractivity contribution is 6.04. The molecule has 0 radical (unpaired) electrons. The minimum Gasteiger partial charge on any atom is -0.342 e. The van der Waals surface area contributed by atoms with Gasteiger partial charge in [0.1, 0.15) is 5.82 Å². The van der Waals surface area contributed by atoms with E-state index in [1.165, 1.54) is 32.1 Å². The van der Waals surface area contributed by atoms with E-state index in [-0.39, 0.29) is 5.91 Å². The quantitative estimate of drug-likeness (QED) is 0.666. The zero-order valence-electron chi connectivity index (χ0n) is 14.8. The summed E-state index contributed by atoms with van der Waals surface area (Å²) in [5, 5.41) is 10.2. The summed E-state index contributed by atoms with van der Waals surface area (Å²) in [6.45, 7) is 0. The number of rotatable bonds is 3. The van der Waals surface area contributed by atoms with Crippen molar-refractivity contribution in [2.75, 3.05) is 5.32 Å². The molecule has 0 atom stereocenters. The van der Waals surface area contributed by atoms with Gasteiger partial charge in [0.2, 0.25) is 0 Å². The van der Waals surface area contributed by atoms with E-state index < -0.39 is 0 Å². The molecule has 26 heavy (non-hydrogen) atoms. The van der Waals surface area contributed by atoms with Gasteiger partial charge in [-0.3, -0.25) is 9.89 Å². The van der Waals surface area contributed by atoms with E-state index in [4.69, 9.17) is 4.98 Å². The summed E-state index contributed by atoms with van der Waals surface area (Å²) in [6.07, 6.45) is 9.35. The molecule has 3 aromatic rings. The Labute approximate surface area is 151 Å². The summed E-state index contributed by atoms with van der Waals surface area (Å²) in [7, 11) is 0. The lowest BCUT2D eigenvalue weighted by atomic mass is 9.89. The van der Waals surface area contributed by atoms with E-state index in [0.29, 0.717) is 11.6 Å². The molecule has 0 aliphatic heterocycles. The number of anilines is 1. The Morgan fingerprint density at radius 1 is 1.12 bits per heavy atom. The lowest BCUT2D eigenvalue weighted by molar-refractivity contribution is 0.102. The van der Waals surface area contributed by atoms with E-state index in [1.807, 2.05) is 18.2 Å². The molecule has 6 heteroatoms. The number of aryl methyl sites for hydroxylation is 1. The van der Waals surface area contributed by atoms with Gasteiger partial charge >= 0.3 is 0 Å². The molecule has 1 aromatic carbocycles. The molecule has 2 aliphatic rings. The number of carbonyl (C=O) groups is 1. The molecular formula is C20H23N5O. The predicted molar refractivity (Wildman–Crippen MR) is 100 cm³/mol. The number of aromatic nitrogens is 4. The molecule has 0 bridgehead atoms. The molecule has 0 spiro atoms. The van der Waals surface area contributed by atoms with Crippen LogP contribution in [-0.2, 0) is 12.8 Å². The zero-order chi connectivity index (χ0) is 17.5. The second-order valence-corrected chi connectivity index (χ2v) is 7.53. The molecule has 0 saturated heterocycles. The standard InChI is InChI=1S/C20H23N5O/c26-20(18-14-7-4-8-15(14)24-25-18)21-13-9-10-16-17(11-13)23-19(22-16)12-5-2-1-3-6-12/h9-12H,1-8H2,(H,21,26)(H,22,23)(H,24,25). The lowest BCUT2D eigenvalue weighted by Gasteiger charge is -2.18. The van der Waals surface area contributed by atoms with Crippen molar-refractivity contribution in [3.05, 3.63) is 41.0 Å². The molecular weight excluding hydrogens is 326 g/mol. The Kier molecular flexibility index (Phi) is 3.76. The number of aromatic amines is 2. The number of nitrogens with one attached hydrogen (secondary N) is 3. The number of imidazole rings is 1. The smallest absolute Gasteiger partial charge is 0.276 e. The second-order valence-electron chi connectivity index (χ2n) is 7.53. The summed E-state index contributed by atoms with van der Waals surface area (Å²) in [4.78, 5) is 20.8. The summed E-state index contributed by atoms with van der Waals surface area (Å²) < 4.78 is 0. The van der Waals surface area contributed by atoms with Gasteiger partial charge in [-0.05, 0) is 50.3 Å².